The highest BCUT2D eigenvalue weighted by molar-refractivity contribution is 6.32. The number of aliphatic hydroxyl groups excluding tert-OH is 1. The number of phenols is 1. The first kappa shape index (κ1) is 12.2. The molecule has 0 unspecified atom stereocenters. The smallest absolute Gasteiger partial charge is 0.370 e. The third kappa shape index (κ3) is 2.58. The largest absolute Gasteiger partial charge is 0.503 e. The molecule has 3 N–H and O–H groups in total. The molecular weight excluding hydrogens is 236 g/mol. The molecule has 0 aromatic heterocycles. The maximum atomic E-state index is 10.4. The Morgan fingerprint density at radius 2 is 2.06 bits per heavy atom. The average Bonchev–Trinajstić information content (AvgIpc) is 2.22. The van der Waals surface area contributed by atoms with Gasteiger partial charge in [0.1, 0.15) is 0 Å². The molecule has 86 valence electrons. The standard InChI is InChI=1S/C10H9ClO5/c1-16-8-4-5(2-6(11)9(8)13)3-7(12)10(14)15/h2-4,12-13H,1H3,(H,14,15). The SMILES string of the molecule is COc1cc(C=C(O)C(=O)O)cc(Cl)c1O. The van der Waals surface area contributed by atoms with Crippen LogP contribution in [0.4, 0.5) is 0 Å². The number of methoxy groups -OCH3 is 1. The molecule has 0 aliphatic carbocycles. The number of hydrogen-bond acceptors (Lipinski definition) is 4. The van der Waals surface area contributed by atoms with Crippen LogP contribution in [-0.4, -0.2) is 28.4 Å². The average molecular weight is 245 g/mol. The summed E-state index contributed by atoms with van der Waals surface area (Å²) < 4.78 is 4.82. The van der Waals surface area contributed by atoms with Gasteiger partial charge in [-0.15, -0.1) is 0 Å². The topological polar surface area (TPSA) is 87.0 Å². The van der Waals surface area contributed by atoms with Crippen molar-refractivity contribution in [2.24, 2.45) is 0 Å². The number of aliphatic carboxylic acids is 1. The quantitative estimate of drug-likeness (QED) is 0.559. The van der Waals surface area contributed by atoms with E-state index in [1.165, 1.54) is 19.2 Å². The summed E-state index contributed by atoms with van der Waals surface area (Å²) in [6.07, 6.45) is 0.996. The van der Waals surface area contributed by atoms with Crippen LogP contribution in [0.2, 0.25) is 5.02 Å². The molecule has 0 atom stereocenters. The molecule has 0 aliphatic rings. The van der Waals surface area contributed by atoms with Crippen LogP contribution >= 0.6 is 11.6 Å². The van der Waals surface area contributed by atoms with E-state index in [-0.39, 0.29) is 16.5 Å². The van der Waals surface area contributed by atoms with Crippen LogP contribution in [0.1, 0.15) is 5.56 Å². The number of aromatic hydroxyl groups is 1. The van der Waals surface area contributed by atoms with Crippen LogP contribution in [0.15, 0.2) is 17.9 Å². The van der Waals surface area contributed by atoms with E-state index in [0.29, 0.717) is 5.56 Å². The first-order valence-corrected chi connectivity index (χ1v) is 4.54. The maximum Gasteiger partial charge on any atom is 0.370 e. The fourth-order valence-electron chi connectivity index (χ4n) is 1.05. The van der Waals surface area contributed by atoms with E-state index in [0.717, 1.165) is 6.08 Å². The van der Waals surface area contributed by atoms with E-state index in [4.69, 9.17) is 26.6 Å². The van der Waals surface area contributed by atoms with Gasteiger partial charge in [-0.1, -0.05) is 11.6 Å². The summed E-state index contributed by atoms with van der Waals surface area (Å²) in [5, 5.41) is 26.9. The van der Waals surface area contributed by atoms with Crippen molar-refractivity contribution in [3.05, 3.63) is 28.5 Å². The molecule has 1 rings (SSSR count). The van der Waals surface area contributed by atoms with Gasteiger partial charge in [-0.25, -0.2) is 4.79 Å². The van der Waals surface area contributed by atoms with Crippen molar-refractivity contribution in [1.29, 1.82) is 0 Å². The molecule has 1 aromatic carbocycles. The first-order valence-electron chi connectivity index (χ1n) is 4.16. The molecule has 0 radical (unpaired) electrons. The number of rotatable bonds is 3. The maximum absolute atomic E-state index is 10.4. The number of benzene rings is 1. The number of carbonyl (C=O) groups is 1. The Morgan fingerprint density at radius 3 is 2.56 bits per heavy atom. The predicted octanol–water partition coefficient (Wildman–Crippen LogP) is 2.04. The molecule has 0 spiro atoms. The van der Waals surface area contributed by atoms with Gasteiger partial charge in [0.05, 0.1) is 12.1 Å². The Morgan fingerprint density at radius 1 is 1.44 bits per heavy atom. The number of ether oxygens (including phenoxy) is 1. The molecule has 5 nitrogen and oxygen atoms in total. The minimum atomic E-state index is -1.46. The van der Waals surface area contributed by atoms with Gasteiger partial charge >= 0.3 is 5.97 Å². The lowest BCUT2D eigenvalue weighted by Crippen LogP contribution is -1.98. The Hall–Kier alpha value is -1.88. The third-order valence-electron chi connectivity index (χ3n) is 1.79. The first-order chi connectivity index (χ1) is 7.45. The summed E-state index contributed by atoms with van der Waals surface area (Å²) in [5.74, 6) is -2.43. The normalized spacial score (nSPS) is 11.2. The summed E-state index contributed by atoms with van der Waals surface area (Å²) in [7, 11) is 1.33. The Kier molecular flexibility index (Phi) is 3.63. The predicted molar refractivity (Wildman–Crippen MR) is 57.9 cm³/mol. The zero-order chi connectivity index (χ0) is 12.3. The number of carboxylic acids is 1. The second-order valence-corrected chi connectivity index (χ2v) is 3.30. The van der Waals surface area contributed by atoms with Gasteiger partial charge in [-0.05, 0) is 23.8 Å². The fourth-order valence-corrected chi connectivity index (χ4v) is 1.27. The third-order valence-corrected chi connectivity index (χ3v) is 2.08. The van der Waals surface area contributed by atoms with Crippen LogP contribution in [-0.2, 0) is 4.79 Å². The fraction of sp³-hybridized carbons (Fsp3) is 0.100. The summed E-state index contributed by atoms with van der Waals surface area (Å²) in [6.45, 7) is 0. The molecule has 0 bridgehead atoms. The van der Waals surface area contributed by atoms with Crippen LogP contribution in [0.3, 0.4) is 0 Å². The van der Waals surface area contributed by atoms with E-state index in [1.54, 1.807) is 0 Å². The number of phenolic OH excluding ortho intramolecular Hbond substituents is 1. The number of aliphatic hydroxyl groups is 1. The van der Waals surface area contributed by atoms with E-state index >= 15 is 0 Å². The minimum Gasteiger partial charge on any atom is -0.503 e. The molecule has 1 aromatic rings. The van der Waals surface area contributed by atoms with Crippen LogP contribution in [0, 0.1) is 0 Å². The molecule has 0 amide bonds. The van der Waals surface area contributed by atoms with E-state index in [2.05, 4.69) is 0 Å². The lowest BCUT2D eigenvalue weighted by atomic mass is 10.2. The second-order valence-electron chi connectivity index (χ2n) is 2.89. The molecule has 0 heterocycles. The van der Waals surface area contributed by atoms with Crippen molar-refractivity contribution in [3.8, 4) is 11.5 Å². The molecule has 6 heteroatoms. The van der Waals surface area contributed by atoms with Crippen LogP contribution in [0.5, 0.6) is 11.5 Å². The van der Waals surface area contributed by atoms with Crippen molar-refractivity contribution in [2.75, 3.05) is 7.11 Å². The lowest BCUT2D eigenvalue weighted by Gasteiger charge is -2.06. The zero-order valence-electron chi connectivity index (χ0n) is 8.27. The number of carboxylic acid groups (broad SMARTS) is 1. The van der Waals surface area contributed by atoms with Crippen molar-refractivity contribution in [1.82, 2.24) is 0 Å². The molecular formula is C10H9ClO5. The molecule has 0 saturated heterocycles. The van der Waals surface area contributed by atoms with Crippen molar-refractivity contribution >= 4 is 23.6 Å². The Bertz CT molecular complexity index is 453. The number of halogens is 1. The minimum absolute atomic E-state index is 0.00351. The highest BCUT2D eigenvalue weighted by atomic mass is 35.5. The van der Waals surface area contributed by atoms with Gasteiger partial charge in [0.15, 0.2) is 11.5 Å². The highest BCUT2D eigenvalue weighted by Gasteiger charge is 2.10. The van der Waals surface area contributed by atoms with Gasteiger partial charge < -0.3 is 20.1 Å². The monoisotopic (exact) mass is 244 g/mol. The molecule has 0 saturated carbocycles. The van der Waals surface area contributed by atoms with Gasteiger partial charge in [-0.2, -0.15) is 0 Å². The summed E-state index contributed by atoms with van der Waals surface area (Å²) in [5.41, 5.74) is 0.305. The van der Waals surface area contributed by atoms with E-state index < -0.39 is 11.7 Å². The van der Waals surface area contributed by atoms with Gasteiger partial charge in [0, 0.05) is 0 Å². The molecule has 0 aliphatic heterocycles. The zero-order valence-corrected chi connectivity index (χ0v) is 9.02. The van der Waals surface area contributed by atoms with Crippen molar-refractivity contribution in [3.63, 3.8) is 0 Å². The van der Waals surface area contributed by atoms with Crippen molar-refractivity contribution in [2.45, 2.75) is 0 Å². The van der Waals surface area contributed by atoms with E-state index in [9.17, 15) is 9.90 Å². The van der Waals surface area contributed by atoms with Crippen LogP contribution < -0.4 is 4.74 Å². The van der Waals surface area contributed by atoms with Gasteiger partial charge in [-0.3, -0.25) is 0 Å². The number of hydrogen-bond donors (Lipinski definition) is 3. The highest BCUT2D eigenvalue weighted by Crippen LogP contribution is 2.35. The second kappa shape index (κ2) is 4.76. The Balaban J connectivity index is 3.22. The summed E-state index contributed by atoms with van der Waals surface area (Å²) in [6, 6.07) is 2.65. The molecule has 16 heavy (non-hydrogen) atoms. The summed E-state index contributed by atoms with van der Waals surface area (Å²) in [4.78, 5) is 10.4. The van der Waals surface area contributed by atoms with Gasteiger partial charge in [0.2, 0.25) is 5.76 Å². The van der Waals surface area contributed by atoms with E-state index in [1.807, 2.05) is 0 Å². The Labute approximate surface area is 96.2 Å². The molecule has 0 fully saturated rings. The van der Waals surface area contributed by atoms with Crippen LogP contribution in [0.25, 0.3) is 6.08 Å². The lowest BCUT2D eigenvalue weighted by molar-refractivity contribution is -0.135. The van der Waals surface area contributed by atoms with Gasteiger partial charge in [0.25, 0.3) is 0 Å². The summed E-state index contributed by atoms with van der Waals surface area (Å²) >= 11 is 5.67. The van der Waals surface area contributed by atoms with Crippen molar-refractivity contribution < 1.29 is 24.9 Å².